The molecule has 1 aromatic heterocycles. The Morgan fingerprint density at radius 2 is 2.29 bits per heavy atom. The normalized spacial score (nSPS) is 14.0. The predicted molar refractivity (Wildman–Crippen MR) is 56.8 cm³/mol. The molecule has 1 unspecified atom stereocenters. The Labute approximate surface area is 85.2 Å². The average Bonchev–Trinajstić information content (AvgIpc) is 2.14. The van der Waals surface area contributed by atoms with Crippen LogP contribution >= 0.6 is 0 Å². The summed E-state index contributed by atoms with van der Waals surface area (Å²) < 4.78 is 0. The molecule has 2 N–H and O–H groups in total. The van der Waals surface area contributed by atoms with Gasteiger partial charge in [-0.05, 0) is 32.4 Å². The zero-order valence-corrected chi connectivity index (χ0v) is 8.99. The van der Waals surface area contributed by atoms with Crippen LogP contribution in [0.5, 0.6) is 0 Å². The van der Waals surface area contributed by atoms with E-state index in [1.165, 1.54) is 0 Å². The topological polar surface area (TPSA) is 45.2 Å². The van der Waals surface area contributed by atoms with Crippen molar-refractivity contribution in [3.8, 4) is 0 Å². The standard InChI is InChI=1S/C11H18N2O/c1-9(11(2,3)14)13-8-10-5-4-6-12-7-10/h4-7,9,13-14H,8H2,1-3H3. The van der Waals surface area contributed by atoms with Crippen molar-refractivity contribution in [1.82, 2.24) is 10.3 Å². The molecule has 0 spiro atoms. The van der Waals surface area contributed by atoms with Gasteiger partial charge in [-0.1, -0.05) is 6.07 Å². The Morgan fingerprint density at radius 3 is 2.79 bits per heavy atom. The van der Waals surface area contributed by atoms with E-state index in [0.717, 1.165) is 12.1 Å². The van der Waals surface area contributed by atoms with Gasteiger partial charge in [0.1, 0.15) is 0 Å². The largest absolute Gasteiger partial charge is 0.389 e. The molecule has 0 saturated heterocycles. The van der Waals surface area contributed by atoms with E-state index in [0.29, 0.717) is 0 Å². The molecule has 1 atom stereocenters. The molecule has 14 heavy (non-hydrogen) atoms. The number of nitrogens with one attached hydrogen (secondary N) is 1. The van der Waals surface area contributed by atoms with Crippen LogP contribution < -0.4 is 5.32 Å². The maximum atomic E-state index is 9.69. The zero-order chi connectivity index (χ0) is 10.6. The van der Waals surface area contributed by atoms with Gasteiger partial charge in [0.2, 0.25) is 0 Å². The van der Waals surface area contributed by atoms with Crippen LogP contribution in [0, 0.1) is 0 Å². The zero-order valence-electron chi connectivity index (χ0n) is 8.99. The second-order valence-corrected chi connectivity index (χ2v) is 4.12. The highest BCUT2D eigenvalue weighted by molar-refractivity contribution is 5.08. The Morgan fingerprint density at radius 1 is 1.57 bits per heavy atom. The third-order valence-corrected chi connectivity index (χ3v) is 2.39. The van der Waals surface area contributed by atoms with E-state index in [4.69, 9.17) is 0 Å². The summed E-state index contributed by atoms with van der Waals surface area (Å²) in [5, 5.41) is 12.9. The first-order valence-corrected chi connectivity index (χ1v) is 4.85. The Kier molecular flexibility index (Phi) is 3.61. The monoisotopic (exact) mass is 194 g/mol. The van der Waals surface area contributed by atoms with Crippen molar-refractivity contribution in [2.24, 2.45) is 0 Å². The van der Waals surface area contributed by atoms with Crippen molar-refractivity contribution in [2.45, 2.75) is 39.0 Å². The van der Waals surface area contributed by atoms with E-state index in [9.17, 15) is 5.11 Å². The molecule has 3 heteroatoms. The molecule has 0 aliphatic carbocycles. The number of aromatic nitrogens is 1. The number of aliphatic hydroxyl groups is 1. The van der Waals surface area contributed by atoms with E-state index in [-0.39, 0.29) is 6.04 Å². The lowest BCUT2D eigenvalue weighted by Gasteiger charge is -2.26. The molecule has 0 aliphatic heterocycles. The molecule has 0 fully saturated rings. The Hall–Kier alpha value is -0.930. The highest BCUT2D eigenvalue weighted by Gasteiger charge is 2.21. The molecule has 1 heterocycles. The lowest BCUT2D eigenvalue weighted by atomic mass is 10.0. The van der Waals surface area contributed by atoms with Gasteiger partial charge in [-0.3, -0.25) is 4.98 Å². The van der Waals surface area contributed by atoms with Gasteiger partial charge in [-0.15, -0.1) is 0 Å². The third-order valence-electron chi connectivity index (χ3n) is 2.39. The van der Waals surface area contributed by atoms with Gasteiger partial charge in [-0.25, -0.2) is 0 Å². The fourth-order valence-corrected chi connectivity index (χ4v) is 1.02. The number of nitrogens with zero attached hydrogens (tertiary/aromatic N) is 1. The fraction of sp³-hybridized carbons (Fsp3) is 0.545. The number of rotatable bonds is 4. The molecular weight excluding hydrogens is 176 g/mol. The van der Waals surface area contributed by atoms with E-state index in [1.54, 1.807) is 20.0 Å². The summed E-state index contributed by atoms with van der Waals surface area (Å²) in [5.74, 6) is 0. The van der Waals surface area contributed by atoms with Crippen molar-refractivity contribution in [3.63, 3.8) is 0 Å². The van der Waals surface area contributed by atoms with E-state index in [2.05, 4.69) is 10.3 Å². The predicted octanol–water partition coefficient (Wildman–Crippen LogP) is 1.33. The van der Waals surface area contributed by atoms with Crippen LogP contribution in [-0.4, -0.2) is 21.7 Å². The van der Waals surface area contributed by atoms with Gasteiger partial charge in [0.25, 0.3) is 0 Å². The molecule has 0 bridgehead atoms. The Balaban J connectivity index is 2.42. The van der Waals surface area contributed by atoms with Gasteiger partial charge in [0, 0.05) is 25.0 Å². The summed E-state index contributed by atoms with van der Waals surface area (Å²) in [5.41, 5.74) is 0.436. The summed E-state index contributed by atoms with van der Waals surface area (Å²) in [7, 11) is 0. The summed E-state index contributed by atoms with van der Waals surface area (Å²) in [6.07, 6.45) is 3.58. The summed E-state index contributed by atoms with van der Waals surface area (Å²) >= 11 is 0. The van der Waals surface area contributed by atoms with Gasteiger partial charge in [0.05, 0.1) is 5.60 Å². The van der Waals surface area contributed by atoms with Crippen LogP contribution in [0.25, 0.3) is 0 Å². The minimum Gasteiger partial charge on any atom is -0.389 e. The van der Waals surface area contributed by atoms with Crippen LogP contribution in [0.1, 0.15) is 26.3 Å². The smallest absolute Gasteiger partial charge is 0.0741 e. The molecule has 3 nitrogen and oxygen atoms in total. The van der Waals surface area contributed by atoms with E-state index < -0.39 is 5.60 Å². The number of hydrogen-bond donors (Lipinski definition) is 2. The van der Waals surface area contributed by atoms with Crippen LogP contribution in [0.3, 0.4) is 0 Å². The van der Waals surface area contributed by atoms with E-state index >= 15 is 0 Å². The first-order valence-electron chi connectivity index (χ1n) is 4.85. The second-order valence-electron chi connectivity index (χ2n) is 4.12. The van der Waals surface area contributed by atoms with E-state index in [1.807, 2.05) is 25.3 Å². The van der Waals surface area contributed by atoms with Gasteiger partial charge >= 0.3 is 0 Å². The molecule has 1 aromatic rings. The second kappa shape index (κ2) is 4.53. The van der Waals surface area contributed by atoms with Crippen molar-refractivity contribution in [2.75, 3.05) is 0 Å². The molecule has 0 aliphatic rings. The van der Waals surface area contributed by atoms with Gasteiger partial charge < -0.3 is 10.4 Å². The highest BCUT2D eigenvalue weighted by atomic mass is 16.3. The lowest BCUT2D eigenvalue weighted by molar-refractivity contribution is 0.0437. The molecule has 0 amide bonds. The molecule has 0 radical (unpaired) electrons. The SMILES string of the molecule is CC(NCc1cccnc1)C(C)(C)O. The number of hydrogen-bond acceptors (Lipinski definition) is 3. The number of pyridine rings is 1. The van der Waals surface area contributed by atoms with Gasteiger partial charge in [0.15, 0.2) is 0 Å². The van der Waals surface area contributed by atoms with Crippen LogP contribution in [0.4, 0.5) is 0 Å². The molecule has 78 valence electrons. The molecular formula is C11H18N2O. The quantitative estimate of drug-likeness (QED) is 0.760. The molecule has 0 saturated carbocycles. The highest BCUT2D eigenvalue weighted by Crippen LogP contribution is 2.08. The molecule has 1 rings (SSSR count). The maximum Gasteiger partial charge on any atom is 0.0741 e. The van der Waals surface area contributed by atoms with Crippen LogP contribution in [0.15, 0.2) is 24.5 Å². The van der Waals surface area contributed by atoms with Crippen molar-refractivity contribution < 1.29 is 5.11 Å². The minimum atomic E-state index is -0.692. The van der Waals surface area contributed by atoms with Crippen molar-refractivity contribution in [3.05, 3.63) is 30.1 Å². The first kappa shape index (κ1) is 11.1. The van der Waals surface area contributed by atoms with Gasteiger partial charge in [-0.2, -0.15) is 0 Å². The maximum absolute atomic E-state index is 9.69. The Bertz CT molecular complexity index is 266. The first-order chi connectivity index (χ1) is 6.50. The van der Waals surface area contributed by atoms with Crippen molar-refractivity contribution in [1.29, 1.82) is 0 Å². The summed E-state index contributed by atoms with van der Waals surface area (Å²) in [6.45, 7) is 6.30. The van der Waals surface area contributed by atoms with Crippen molar-refractivity contribution >= 4 is 0 Å². The minimum absolute atomic E-state index is 0.0581. The van der Waals surface area contributed by atoms with Crippen LogP contribution in [0.2, 0.25) is 0 Å². The van der Waals surface area contributed by atoms with Crippen LogP contribution in [-0.2, 0) is 6.54 Å². The molecule has 0 aromatic carbocycles. The lowest BCUT2D eigenvalue weighted by Crippen LogP contribution is -2.44. The third kappa shape index (κ3) is 3.44. The summed E-state index contributed by atoms with van der Waals surface area (Å²) in [6, 6.07) is 3.98. The average molecular weight is 194 g/mol. The summed E-state index contributed by atoms with van der Waals surface area (Å²) in [4.78, 5) is 4.02. The fourth-order valence-electron chi connectivity index (χ4n) is 1.02.